The van der Waals surface area contributed by atoms with Crippen LogP contribution in [0.5, 0.6) is 0 Å². The van der Waals surface area contributed by atoms with Gasteiger partial charge >= 0.3 is 0 Å². The van der Waals surface area contributed by atoms with Gasteiger partial charge in [-0.2, -0.15) is 0 Å². The predicted octanol–water partition coefficient (Wildman–Crippen LogP) is 3.14. The highest BCUT2D eigenvalue weighted by molar-refractivity contribution is 7.17. The molecule has 0 saturated carbocycles. The SMILES string of the molecule is C[C@H]1CCc2c(sc(NC(=O)c3ccc(Cl)cc3)c2C(=O)[O-])C1. The Kier molecular flexibility index (Phi) is 4.41. The maximum Gasteiger partial charge on any atom is 0.256 e. The first kappa shape index (κ1) is 16.0. The summed E-state index contributed by atoms with van der Waals surface area (Å²) in [6, 6.07) is 6.45. The second-order valence-corrected chi connectivity index (χ2v) is 7.35. The van der Waals surface area contributed by atoms with Crippen molar-refractivity contribution in [2.45, 2.75) is 26.2 Å². The van der Waals surface area contributed by atoms with E-state index in [1.54, 1.807) is 24.3 Å². The van der Waals surface area contributed by atoms with Crippen molar-refractivity contribution in [3.63, 3.8) is 0 Å². The molecule has 0 aliphatic heterocycles. The van der Waals surface area contributed by atoms with E-state index in [9.17, 15) is 14.7 Å². The molecule has 4 nitrogen and oxygen atoms in total. The second kappa shape index (κ2) is 6.34. The first-order valence-electron chi connectivity index (χ1n) is 7.38. The van der Waals surface area contributed by atoms with Gasteiger partial charge in [0, 0.05) is 21.0 Å². The molecule has 0 bridgehead atoms. The van der Waals surface area contributed by atoms with Gasteiger partial charge in [0.2, 0.25) is 0 Å². The van der Waals surface area contributed by atoms with E-state index in [2.05, 4.69) is 12.2 Å². The number of aromatic carboxylic acids is 1. The average Bonchev–Trinajstić information content (AvgIpc) is 2.84. The van der Waals surface area contributed by atoms with Gasteiger partial charge in [-0.15, -0.1) is 11.3 Å². The zero-order valence-electron chi connectivity index (χ0n) is 12.5. The molecule has 0 unspecified atom stereocenters. The highest BCUT2D eigenvalue weighted by atomic mass is 35.5. The number of fused-ring (bicyclic) bond motifs is 1. The standard InChI is InChI=1S/C17H16ClNO3S/c1-9-2-7-12-13(8-9)23-16(14(12)17(21)22)19-15(20)10-3-5-11(18)6-4-10/h3-6,9H,2,7-8H2,1H3,(H,19,20)(H,21,22)/p-1/t9-/m0/s1. The van der Waals surface area contributed by atoms with E-state index in [1.807, 2.05) is 0 Å². The van der Waals surface area contributed by atoms with Gasteiger partial charge in [0.1, 0.15) is 5.00 Å². The van der Waals surface area contributed by atoms with Crippen molar-refractivity contribution in [1.29, 1.82) is 0 Å². The Morgan fingerprint density at radius 3 is 2.65 bits per heavy atom. The van der Waals surface area contributed by atoms with Crippen molar-refractivity contribution in [1.82, 2.24) is 0 Å². The number of carbonyl (C=O) groups is 2. The lowest BCUT2D eigenvalue weighted by Gasteiger charge is -2.19. The summed E-state index contributed by atoms with van der Waals surface area (Å²) in [4.78, 5) is 24.9. The number of amides is 1. The Labute approximate surface area is 143 Å². The highest BCUT2D eigenvalue weighted by Gasteiger charge is 2.25. The van der Waals surface area contributed by atoms with Crippen LogP contribution >= 0.6 is 22.9 Å². The van der Waals surface area contributed by atoms with Crippen LogP contribution in [0.1, 0.15) is 44.5 Å². The number of hydrogen-bond donors (Lipinski definition) is 1. The lowest BCUT2D eigenvalue weighted by molar-refractivity contribution is -0.254. The van der Waals surface area contributed by atoms with Crippen LogP contribution in [0.2, 0.25) is 5.02 Å². The van der Waals surface area contributed by atoms with Gasteiger partial charge in [-0.25, -0.2) is 0 Å². The zero-order chi connectivity index (χ0) is 16.6. The third kappa shape index (κ3) is 3.26. The number of carboxylic acid groups (broad SMARTS) is 1. The van der Waals surface area contributed by atoms with Crippen LogP contribution in [0.15, 0.2) is 24.3 Å². The molecule has 1 aliphatic carbocycles. The number of carboxylic acids is 1. The third-order valence-electron chi connectivity index (χ3n) is 4.05. The smallest absolute Gasteiger partial charge is 0.256 e. The molecule has 1 amide bonds. The van der Waals surface area contributed by atoms with Gasteiger partial charge in [0.05, 0.1) is 5.97 Å². The number of nitrogens with one attached hydrogen (secondary N) is 1. The number of anilines is 1. The van der Waals surface area contributed by atoms with Crippen molar-refractivity contribution in [3.8, 4) is 0 Å². The van der Waals surface area contributed by atoms with Gasteiger partial charge in [-0.3, -0.25) is 4.79 Å². The molecular formula is C17H15ClNO3S-. The molecule has 23 heavy (non-hydrogen) atoms. The summed E-state index contributed by atoms with van der Waals surface area (Å²) in [5.74, 6) is -1.06. The quantitative estimate of drug-likeness (QED) is 0.926. The van der Waals surface area contributed by atoms with Gasteiger partial charge in [0.25, 0.3) is 5.91 Å². The Morgan fingerprint density at radius 2 is 2.00 bits per heavy atom. The first-order valence-corrected chi connectivity index (χ1v) is 8.58. The number of benzene rings is 1. The van der Waals surface area contributed by atoms with E-state index in [0.717, 1.165) is 23.3 Å². The van der Waals surface area contributed by atoms with Crippen molar-refractivity contribution in [2.75, 3.05) is 5.32 Å². The zero-order valence-corrected chi connectivity index (χ0v) is 14.1. The third-order valence-corrected chi connectivity index (χ3v) is 5.47. The number of hydrogen-bond acceptors (Lipinski definition) is 4. The molecule has 0 spiro atoms. The Morgan fingerprint density at radius 1 is 1.30 bits per heavy atom. The van der Waals surface area contributed by atoms with Gasteiger partial charge in [0.15, 0.2) is 0 Å². The fourth-order valence-corrected chi connectivity index (χ4v) is 4.35. The summed E-state index contributed by atoms with van der Waals surface area (Å²) in [6.07, 6.45) is 2.51. The molecule has 1 atom stereocenters. The van der Waals surface area contributed by atoms with Crippen molar-refractivity contribution < 1.29 is 14.7 Å². The average molecular weight is 349 g/mol. The highest BCUT2D eigenvalue weighted by Crippen LogP contribution is 2.39. The Balaban J connectivity index is 1.92. The van der Waals surface area contributed by atoms with Crippen LogP contribution in [-0.4, -0.2) is 11.9 Å². The number of rotatable bonds is 3. The molecule has 1 aromatic heterocycles. The molecule has 3 rings (SSSR count). The summed E-state index contributed by atoms with van der Waals surface area (Å²) >= 11 is 7.15. The molecular weight excluding hydrogens is 334 g/mol. The minimum absolute atomic E-state index is 0.138. The molecule has 2 aromatic rings. The minimum atomic E-state index is -1.23. The van der Waals surface area contributed by atoms with E-state index in [0.29, 0.717) is 27.9 Å². The van der Waals surface area contributed by atoms with E-state index in [1.165, 1.54) is 11.3 Å². The van der Waals surface area contributed by atoms with Crippen LogP contribution in [0.4, 0.5) is 5.00 Å². The minimum Gasteiger partial charge on any atom is -0.545 e. The molecule has 1 aliphatic rings. The van der Waals surface area contributed by atoms with Gasteiger partial charge in [-0.1, -0.05) is 18.5 Å². The molecule has 0 radical (unpaired) electrons. The maximum absolute atomic E-state index is 12.3. The van der Waals surface area contributed by atoms with Crippen LogP contribution in [0.25, 0.3) is 0 Å². The van der Waals surface area contributed by atoms with E-state index in [-0.39, 0.29) is 11.5 Å². The summed E-state index contributed by atoms with van der Waals surface area (Å²) < 4.78 is 0. The summed E-state index contributed by atoms with van der Waals surface area (Å²) in [5.41, 5.74) is 1.39. The van der Waals surface area contributed by atoms with Crippen LogP contribution in [-0.2, 0) is 12.8 Å². The molecule has 0 fully saturated rings. The van der Waals surface area contributed by atoms with E-state index in [4.69, 9.17) is 11.6 Å². The van der Waals surface area contributed by atoms with E-state index < -0.39 is 5.97 Å². The van der Waals surface area contributed by atoms with Crippen molar-refractivity contribution in [3.05, 3.63) is 50.9 Å². The number of thiophene rings is 1. The summed E-state index contributed by atoms with van der Waals surface area (Å²) in [6.45, 7) is 2.15. The topological polar surface area (TPSA) is 69.2 Å². The van der Waals surface area contributed by atoms with E-state index >= 15 is 0 Å². The molecule has 1 N–H and O–H groups in total. The van der Waals surface area contributed by atoms with Crippen molar-refractivity contribution in [2.24, 2.45) is 5.92 Å². The Hall–Kier alpha value is -1.85. The van der Waals surface area contributed by atoms with Crippen LogP contribution in [0.3, 0.4) is 0 Å². The van der Waals surface area contributed by atoms with Crippen molar-refractivity contribution >= 4 is 39.8 Å². The molecule has 120 valence electrons. The fraction of sp³-hybridized carbons (Fsp3) is 0.294. The lowest BCUT2D eigenvalue weighted by atomic mass is 9.88. The summed E-state index contributed by atoms with van der Waals surface area (Å²) in [7, 11) is 0. The Bertz CT molecular complexity index is 767. The maximum atomic E-state index is 12.3. The second-order valence-electron chi connectivity index (χ2n) is 5.80. The van der Waals surface area contributed by atoms with Crippen LogP contribution < -0.4 is 10.4 Å². The van der Waals surface area contributed by atoms with Crippen LogP contribution in [0, 0.1) is 5.92 Å². The summed E-state index contributed by atoms with van der Waals surface area (Å²) in [5, 5.41) is 15.1. The largest absolute Gasteiger partial charge is 0.545 e. The first-order chi connectivity index (χ1) is 11.0. The molecule has 6 heteroatoms. The lowest BCUT2D eigenvalue weighted by Crippen LogP contribution is -2.26. The van der Waals surface area contributed by atoms with Gasteiger partial charge < -0.3 is 15.2 Å². The fourth-order valence-electron chi connectivity index (χ4n) is 2.83. The predicted molar refractivity (Wildman–Crippen MR) is 89.2 cm³/mol. The normalized spacial score (nSPS) is 16.7. The van der Waals surface area contributed by atoms with Gasteiger partial charge in [-0.05, 0) is 55.0 Å². The molecule has 0 saturated heterocycles. The number of halogens is 1. The monoisotopic (exact) mass is 348 g/mol. The molecule has 1 heterocycles. The molecule has 1 aromatic carbocycles. The number of carbonyl (C=O) groups excluding carboxylic acids is 2.